The lowest BCUT2D eigenvalue weighted by atomic mass is 9.43. The molecule has 0 spiro atoms. The number of rotatable bonds is 1. The molecule has 3 N–H and O–H groups in total. The highest BCUT2D eigenvalue weighted by Crippen LogP contribution is 2.69. The molecular weight excluding hydrogens is 356 g/mol. The van der Waals surface area contributed by atoms with Gasteiger partial charge in [0.15, 0.2) is 0 Å². The normalized spacial score (nSPS) is 55.8. The van der Waals surface area contributed by atoms with Crippen LogP contribution in [0.15, 0.2) is 11.6 Å². The Hall–Kier alpha value is -0.910. The highest BCUT2D eigenvalue weighted by atomic mass is 16.5. The van der Waals surface area contributed by atoms with Gasteiger partial charge in [-0.15, -0.1) is 0 Å². The molecule has 4 aliphatic carbocycles. The van der Waals surface area contributed by atoms with Crippen molar-refractivity contribution in [3.05, 3.63) is 11.6 Å². The molecule has 28 heavy (non-hydrogen) atoms. The van der Waals surface area contributed by atoms with Crippen LogP contribution in [-0.4, -0.2) is 45.7 Å². The summed E-state index contributed by atoms with van der Waals surface area (Å²) in [5.74, 6) is 0.627. The van der Waals surface area contributed by atoms with E-state index in [-0.39, 0.29) is 35.9 Å². The van der Waals surface area contributed by atoms with Crippen LogP contribution in [0, 0.1) is 34.5 Å². The van der Waals surface area contributed by atoms with Crippen LogP contribution in [0.5, 0.6) is 0 Å². The molecule has 5 heteroatoms. The second kappa shape index (κ2) is 6.05. The van der Waals surface area contributed by atoms with E-state index in [1.54, 1.807) is 0 Å². The van der Waals surface area contributed by atoms with Crippen LogP contribution in [0.3, 0.4) is 0 Å². The highest BCUT2D eigenvalue weighted by Gasteiger charge is 2.70. The van der Waals surface area contributed by atoms with Gasteiger partial charge < -0.3 is 20.1 Å². The third-order valence-corrected chi connectivity index (χ3v) is 9.92. The number of fused-ring (bicyclic) bond motifs is 5. The molecule has 0 amide bonds. The number of hydrogen-bond acceptors (Lipinski definition) is 5. The van der Waals surface area contributed by atoms with Gasteiger partial charge in [0.25, 0.3) is 0 Å². The third-order valence-electron chi connectivity index (χ3n) is 9.92. The fourth-order valence-electron chi connectivity index (χ4n) is 8.47. The van der Waals surface area contributed by atoms with Crippen LogP contribution in [0.1, 0.15) is 65.2 Å². The molecule has 0 unspecified atom stereocenters. The van der Waals surface area contributed by atoms with E-state index in [1.807, 2.05) is 0 Å². The van der Waals surface area contributed by atoms with Crippen molar-refractivity contribution in [3.63, 3.8) is 0 Å². The molecule has 5 rings (SSSR count). The molecule has 1 heterocycles. The average Bonchev–Trinajstić information content (AvgIpc) is 3.13. The number of ether oxygens (including phenoxy) is 1. The van der Waals surface area contributed by atoms with E-state index in [4.69, 9.17) is 4.74 Å². The van der Waals surface area contributed by atoms with Gasteiger partial charge >= 0.3 is 5.97 Å². The van der Waals surface area contributed by atoms with Gasteiger partial charge in [-0.05, 0) is 73.7 Å². The minimum atomic E-state index is -0.906. The molecule has 0 radical (unpaired) electrons. The molecule has 1 aliphatic heterocycles. The van der Waals surface area contributed by atoms with Crippen LogP contribution in [-0.2, 0) is 9.53 Å². The zero-order valence-electron chi connectivity index (χ0n) is 17.1. The molecule has 0 bridgehead atoms. The zero-order chi connectivity index (χ0) is 19.9. The lowest BCUT2D eigenvalue weighted by Gasteiger charge is -2.63. The van der Waals surface area contributed by atoms with E-state index < -0.39 is 17.1 Å². The number of aliphatic hydroxyl groups excluding tert-OH is 2. The van der Waals surface area contributed by atoms with E-state index >= 15 is 0 Å². The number of esters is 1. The Bertz CT molecular complexity index is 718. The summed E-state index contributed by atoms with van der Waals surface area (Å²) in [6.07, 6.45) is 7.87. The predicted octanol–water partition coefficient (Wildman–Crippen LogP) is 2.58. The molecule has 5 nitrogen and oxygen atoms in total. The van der Waals surface area contributed by atoms with Crippen molar-refractivity contribution in [2.75, 3.05) is 6.61 Å². The van der Waals surface area contributed by atoms with Crippen molar-refractivity contribution in [2.24, 2.45) is 34.5 Å². The summed E-state index contributed by atoms with van der Waals surface area (Å²) < 4.78 is 5.14. The molecule has 0 aromatic heterocycles. The number of carbonyl (C=O) groups is 1. The highest BCUT2D eigenvalue weighted by molar-refractivity contribution is 5.85. The third kappa shape index (κ3) is 2.33. The molecule has 156 valence electrons. The summed E-state index contributed by atoms with van der Waals surface area (Å²) in [4.78, 5) is 11.7. The Kier molecular flexibility index (Phi) is 4.12. The van der Waals surface area contributed by atoms with Gasteiger partial charge in [0.2, 0.25) is 0 Å². The van der Waals surface area contributed by atoms with Crippen LogP contribution in [0.25, 0.3) is 0 Å². The first-order valence-corrected chi connectivity index (χ1v) is 11.1. The van der Waals surface area contributed by atoms with E-state index in [0.717, 1.165) is 50.5 Å². The maximum Gasteiger partial charge on any atom is 0.331 e. The van der Waals surface area contributed by atoms with Gasteiger partial charge in [-0.1, -0.05) is 13.8 Å². The Labute approximate surface area is 167 Å². The van der Waals surface area contributed by atoms with Gasteiger partial charge in [0.1, 0.15) is 6.61 Å². The number of carbonyl (C=O) groups excluding carboxylic acids is 1. The van der Waals surface area contributed by atoms with Crippen LogP contribution in [0.4, 0.5) is 0 Å². The summed E-state index contributed by atoms with van der Waals surface area (Å²) in [6.45, 7) is 4.77. The van der Waals surface area contributed by atoms with E-state index in [2.05, 4.69) is 13.8 Å². The molecule has 0 aromatic rings. The van der Waals surface area contributed by atoms with Gasteiger partial charge in [0, 0.05) is 23.8 Å². The van der Waals surface area contributed by atoms with Crippen molar-refractivity contribution < 1.29 is 24.9 Å². The smallest absolute Gasteiger partial charge is 0.331 e. The maximum absolute atomic E-state index is 12.1. The Morgan fingerprint density at radius 3 is 2.57 bits per heavy atom. The minimum Gasteiger partial charge on any atom is -0.458 e. The van der Waals surface area contributed by atoms with E-state index in [9.17, 15) is 20.1 Å². The second-order valence-electron chi connectivity index (χ2n) is 10.9. The molecule has 0 saturated heterocycles. The fraction of sp³-hybridized carbons (Fsp3) is 0.870. The fourth-order valence-corrected chi connectivity index (χ4v) is 8.47. The molecule has 0 aromatic carbocycles. The van der Waals surface area contributed by atoms with Crippen molar-refractivity contribution in [2.45, 2.75) is 83.0 Å². The first-order chi connectivity index (χ1) is 13.2. The first kappa shape index (κ1) is 19.1. The number of aliphatic hydroxyl groups is 3. The second-order valence-corrected chi connectivity index (χ2v) is 10.9. The molecule has 9 atom stereocenters. The first-order valence-electron chi connectivity index (χ1n) is 11.1. The van der Waals surface area contributed by atoms with E-state index in [0.29, 0.717) is 18.3 Å². The van der Waals surface area contributed by atoms with Gasteiger partial charge in [-0.3, -0.25) is 0 Å². The molecule has 4 fully saturated rings. The summed E-state index contributed by atoms with van der Waals surface area (Å²) >= 11 is 0. The summed E-state index contributed by atoms with van der Waals surface area (Å²) in [5.41, 5.74) is -0.301. The monoisotopic (exact) mass is 390 g/mol. The van der Waals surface area contributed by atoms with Gasteiger partial charge in [-0.2, -0.15) is 0 Å². The lowest BCUT2D eigenvalue weighted by Crippen LogP contribution is -2.62. The van der Waals surface area contributed by atoms with Crippen molar-refractivity contribution >= 4 is 5.97 Å². The van der Waals surface area contributed by atoms with Crippen molar-refractivity contribution in [1.82, 2.24) is 0 Å². The predicted molar refractivity (Wildman–Crippen MR) is 103 cm³/mol. The number of cyclic esters (lactones) is 1. The van der Waals surface area contributed by atoms with Crippen molar-refractivity contribution in [3.8, 4) is 0 Å². The lowest BCUT2D eigenvalue weighted by molar-refractivity contribution is -0.208. The standard InChI is InChI=1S/C23H34O5/c1-21-7-5-15(24)10-14(21)3-4-17-16(21)6-8-22(2)20(13-9-19(26)28-12-13)18(25)11-23(17,22)27/h9,14-18,20,24-25,27H,3-8,10-12H2,1-2H3/t14-,15-,16+,17-,18-,20+,21-,22-,23-/m0/s1. The maximum atomic E-state index is 12.1. The molecule has 5 aliphatic rings. The molecule has 4 saturated carbocycles. The molecular formula is C23H34O5. The summed E-state index contributed by atoms with van der Waals surface area (Å²) in [6, 6.07) is 0. The van der Waals surface area contributed by atoms with Crippen LogP contribution >= 0.6 is 0 Å². The zero-order valence-corrected chi connectivity index (χ0v) is 17.1. The summed E-state index contributed by atoms with van der Waals surface area (Å²) in [7, 11) is 0. The summed E-state index contributed by atoms with van der Waals surface area (Å²) in [5, 5.41) is 33.3. The van der Waals surface area contributed by atoms with E-state index in [1.165, 1.54) is 6.08 Å². The Morgan fingerprint density at radius 2 is 1.86 bits per heavy atom. The quantitative estimate of drug-likeness (QED) is 0.599. The topological polar surface area (TPSA) is 87.0 Å². The average molecular weight is 391 g/mol. The largest absolute Gasteiger partial charge is 0.458 e. The van der Waals surface area contributed by atoms with Crippen LogP contribution < -0.4 is 0 Å². The van der Waals surface area contributed by atoms with Crippen molar-refractivity contribution in [1.29, 1.82) is 0 Å². The van der Waals surface area contributed by atoms with Crippen LogP contribution in [0.2, 0.25) is 0 Å². The Balaban J connectivity index is 1.50. The minimum absolute atomic E-state index is 0.170. The SMILES string of the molecule is C[C@]12CC[C@H](O)C[C@@H]1CC[C@H]1[C@H]2CC[C@@]2(C)[C@H](C3=CC(=O)OC3)[C@@H](O)C[C@]12O. The Morgan fingerprint density at radius 1 is 1.07 bits per heavy atom. The van der Waals surface area contributed by atoms with Gasteiger partial charge in [0.05, 0.1) is 17.8 Å². The number of hydrogen-bond donors (Lipinski definition) is 3. The van der Waals surface area contributed by atoms with Gasteiger partial charge in [-0.25, -0.2) is 4.79 Å².